The summed E-state index contributed by atoms with van der Waals surface area (Å²) in [7, 11) is 0. The van der Waals surface area contributed by atoms with Gasteiger partial charge in [-0.1, -0.05) is 6.08 Å². The van der Waals surface area contributed by atoms with E-state index in [1.165, 1.54) is 6.08 Å². The van der Waals surface area contributed by atoms with E-state index >= 15 is 0 Å². The predicted octanol–water partition coefficient (Wildman–Crippen LogP) is 1.93. The Kier molecular flexibility index (Phi) is 7.67. The molecule has 1 aliphatic heterocycles. The van der Waals surface area contributed by atoms with Gasteiger partial charge in [0, 0.05) is 12.5 Å². The number of carbonyl (C=O) groups is 1. The summed E-state index contributed by atoms with van der Waals surface area (Å²) in [6.07, 6.45) is 2.03. The van der Waals surface area contributed by atoms with Crippen LogP contribution in [0, 0.1) is 0 Å². The van der Waals surface area contributed by atoms with Crippen LogP contribution in [0.3, 0.4) is 0 Å². The number of ether oxygens (including phenoxy) is 3. The lowest BCUT2D eigenvalue weighted by Gasteiger charge is -2.36. The highest BCUT2D eigenvalue weighted by molar-refractivity contribution is 5.82. The van der Waals surface area contributed by atoms with E-state index in [0.717, 1.165) is 0 Å². The zero-order chi connectivity index (χ0) is 17.6. The Morgan fingerprint density at radius 2 is 2.00 bits per heavy atom. The van der Waals surface area contributed by atoms with Crippen molar-refractivity contribution in [2.75, 3.05) is 0 Å². The van der Waals surface area contributed by atoms with Crippen LogP contribution < -0.4 is 0 Å². The van der Waals surface area contributed by atoms with Crippen LogP contribution in [0.5, 0.6) is 0 Å². The number of hydrogen-bond acceptors (Lipinski definition) is 6. The Morgan fingerprint density at radius 3 is 2.61 bits per heavy atom. The normalized spacial score (nSPS) is 30.4. The second kappa shape index (κ2) is 8.78. The summed E-state index contributed by atoms with van der Waals surface area (Å²) in [6, 6.07) is 0. The molecule has 0 aromatic carbocycles. The van der Waals surface area contributed by atoms with Crippen molar-refractivity contribution in [2.24, 2.45) is 0 Å². The summed E-state index contributed by atoms with van der Waals surface area (Å²) in [5, 5.41) is 19.5. The van der Waals surface area contributed by atoms with Gasteiger partial charge in [-0.15, -0.1) is 0 Å². The molecule has 5 atom stereocenters. The lowest BCUT2D eigenvalue weighted by molar-refractivity contribution is -0.273. The van der Waals surface area contributed by atoms with E-state index in [1.54, 1.807) is 13.0 Å². The topological polar surface area (TPSA) is 85.2 Å². The molecule has 0 aromatic heterocycles. The molecule has 134 valence electrons. The Balaban J connectivity index is 2.29. The van der Waals surface area contributed by atoms with Gasteiger partial charge in [0.1, 0.15) is 11.7 Å². The number of esters is 1. The van der Waals surface area contributed by atoms with E-state index in [4.69, 9.17) is 14.2 Å². The second-order valence-electron chi connectivity index (χ2n) is 7.04. The maximum atomic E-state index is 11.5. The second-order valence-corrected chi connectivity index (χ2v) is 7.04. The number of aliphatic hydroxyl groups is 2. The van der Waals surface area contributed by atoms with Gasteiger partial charge in [-0.05, 0) is 47.5 Å². The average Bonchev–Trinajstić information content (AvgIpc) is 2.39. The fourth-order valence-electron chi connectivity index (χ4n) is 2.21. The average molecular weight is 330 g/mol. The van der Waals surface area contributed by atoms with E-state index in [-0.39, 0.29) is 24.6 Å². The minimum atomic E-state index is -0.832. The van der Waals surface area contributed by atoms with Crippen LogP contribution in [0.1, 0.15) is 53.9 Å². The number of carbonyl (C=O) groups excluding carboxylic acids is 1. The highest BCUT2D eigenvalue weighted by Gasteiger charge is 2.35. The SMILES string of the molecule is C[C@H](CC/C=C/C(=O)OC(C)(C)C)O[C@@H]1O[C@@H](C)C(O)C[C@H]1O. The van der Waals surface area contributed by atoms with Crippen LogP contribution in [-0.2, 0) is 19.0 Å². The van der Waals surface area contributed by atoms with Crippen molar-refractivity contribution in [2.45, 2.75) is 90.2 Å². The van der Waals surface area contributed by atoms with Gasteiger partial charge in [-0.3, -0.25) is 0 Å². The zero-order valence-electron chi connectivity index (χ0n) is 14.7. The van der Waals surface area contributed by atoms with Crippen LogP contribution >= 0.6 is 0 Å². The highest BCUT2D eigenvalue weighted by Crippen LogP contribution is 2.22. The van der Waals surface area contributed by atoms with Crippen molar-refractivity contribution in [1.29, 1.82) is 0 Å². The Labute approximate surface area is 138 Å². The molecule has 0 aliphatic carbocycles. The molecule has 0 radical (unpaired) electrons. The monoisotopic (exact) mass is 330 g/mol. The largest absolute Gasteiger partial charge is 0.457 e. The third kappa shape index (κ3) is 7.92. The van der Waals surface area contributed by atoms with Gasteiger partial charge in [-0.2, -0.15) is 0 Å². The van der Waals surface area contributed by atoms with Gasteiger partial charge < -0.3 is 24.4 Å². The minimum Gasteiger partial charge on any atom is -0.457 e. The van der Waals surface area contributed by atoms with Crippen molar-refractivity contribution < 1.29 is 29.2 Å². The fraction of sp³-hybridized carbons (Fsp3) is 0.824. The van der Waals surface area contributed by atoms with Crippen LogP contribution in [-0.4, -0.2) is 52.5 Å². The van der Waals surface area contributed by atoms with Crippen molar-refractivity contribution in [3.8, 4) is 0 Å². The first kappa shape index (κ1) is 20.1. The van der Waals surface area contributed by atoms with Gasteiger partial charge >= 0.3 is 5.97 Å². The van der Waals surface area contributed by atoms with Crippen LogP contribution in [0.2, 0.25) is 0 Å². The molecule has 0 aromatic rings. The molecule has 6 heteroatoms. The maximum absolute atomic E-state index is 11.5. The van der Waals surface area contributed by atoms with Gasteiger partial charge in [0.2, 0.25) is 0 Å². The molecular weight excluding hydrogens is 300 g/mol. The fourth-order valence-corrected chi connectivity index (χ4v) is 2.21. The van der Waals surface area contributed by atoms with E-state index in [2.05, 4.69) is 0 Å². The zero-order valence-corrected chi connectivity index (χ0v) is 14.7. The van der Waals surface area contributed by atoms with E-state index in [1.807, 2.05) is 27.7 Å². The predicted molar refractivity (Wildman–Crippen MR) is 85.7 cm³/mol. The highest BCUT2D eigenvalue weighted by atomic mass is 16.7. The summed E-state index contributed by atoms with van der Waals surface area (Å²) < 4.78 is 16.3. The Bertz CT molecular complexity index is 400. The molecule has 1 rings (SSSR count). The standard InChI is InChI=1S/C17H30O6/c1-11(8-6-7-9-15(20)23-17(3,4)5)21-16-14(19)10-13(18)12(2)22-16/h7,9,11-14,16,18-19H,6,8,10H2,1-5H3/b9-7+/t11-,12+,13?,14-,16-/m1/s1. The van der Waals surface area contributed by atoms with Crippen LogP contribution in [0.25, 0.3) is 0 Å². The molecule has 1 unspecified atom stereocenters. The molecule has 1 heterocycles. The maximum Gasteiger partial charge on any atom is 0.330 e. The molecule has 1 saturated heterocycles. The first-order valence-corrected chi connectivity index (χ1v) is 8.15. The van der Waals surface area contributed by atoms with E-state index in [9.17, 15) is 15.0 Å². The van der Waals surface area contributed by atoms with Gasteiger partial charge in [0.25, 0.3) is 0 Å². The molecule has 6 nitrogen and oxygen atoms in total. The molecule has 23 heavy (non-hydrogen) atoms. The van der Waals surface area contributed by atoms with Crippen molar-refractivity contribution >= 4 is 5.97 Å². The molecule has 1 fully saturated rings. The van der Waals surface area contributed by atoms with Gasteiger partial charge in [0.15, 0.2) is 6.29 Å². The number of aliphatic hydroxyl groups excluding tert-OH is 2. The summed E-state index contributed by atoms with van der Waals surface area (Å²) in [5.74, 6) is -0.361. The first-order chi connectivity index (χ1) is 10.6. The lowest BCUT2D eigenvalue weighted by Crippen LogP contribution is -2.48. The third-order valence-corrected chi connectivity index (χ3v) is 3.45. The summed E-state index contributed by atoms with van der Waals surface area (Å²) in [5.41, 5.74) is -0.493. The quantitative estimate of drug-likeness (QED) is 0.572. The molecule has 0 bridgehead atoms. The smallest absolute Gasteiger partial charge is 0.330 e. The molecule has 1 aliphatic rings. The van der Waals surface area contributed by atoms with Crippen molar-refractivity contribution in [1.82, 2.24) is 0 Å². The molecular formula is C17H30O6. The van der Waals surface area contributed by atoms with Gasteiger partial charge in [-0.25, -0.2) is 4.79 Å². The molecule has 0 amide bonds. The third-order valence-electron chi connectivity index (χ3n) is 3.45. The minimum absolute atomic E-state index is 0.139. The summed E-state index contributed by atoms with van der Waals surface area (Å²) >= 11 is 0. The van der Waals surface area contributed by atoms with E-state index < -0.39 is 24.1 Å². The van der Waals surface area contributed by atoms with Crippen LogP contribution in [0.4, 0.5) is 0 Å². The molecule has 0 saturated carbocycles. The number of rotatable bonds is 6. The van der Waals surface area contributed by atoms with Crippen molar-refractivity contribution in [3.63, 3.8) is 0 Å². The summed E-state index contributed by atoms with van der Waals surface area (Å²) in [4.78, 5) is 11.5. The van der Waals surface area contributed by atoms with Crippen molar-refractivity contribution in [3.05, 3.63) is 12.2 Å². The molecule has 2 N–H and O–H groups in total. The Morgan fingerprint density at radius 1 is 1.35 bits per heavy atom. The summed E-state index contributed by atoms with van der Waals surface area (Å²) in [6.45, 7) is 9.10. The molecule has 0 spiro atoms. The van der Waals surface area contributed by atoms with Crippen LogP contribution in [0.15, 0.2) is 12.2 Å². The van der Waals surface area contributed by atoms with Gasteiger partial charge in [0.05, 0.1) is 18.3 Å². The lowest BCUT2D eigenvalue weighted by atomic mass is 10.0. The first-order valence-electron chi connectivity index (χ1n) is 8.15. The number of allylic oxidation sites excluding steroid dienone is 1. The number of hydrogen-bond donors (Lipinski definition) is 2. The van der Waals surface area contributed by atoms with E-state index in [0.29, 0.717) is 12.8 Å². The Hall–Kier alpha value is -0.950.